The number of rotatable bonds is 3. The van der Waals surface area contributed by atoms with E-state index in [1.165, 1.54) is 10.1 Å². The molecule has 2 nitrogen and oxygen atoms in total. The lowest BCUT2D eigenvalue weighted by Gasteiger charge is -2.14. The first-order valence-corrected chi connectivity index (χ1v) is 7.46. The monoisotopic (exact) mass is 303 g/mol. The number of halogens is 1. The molecule has 1 unspecified atom stereocenters. The van der Waals surface area contributed by atoms with Crippen LogP contribution in [-0.4, -0.2) is 7.11 Å². The van der Waals surface area contributed by atoms with E-state index in [2.05, 4.69) is 18.2 Å². The van der Waals surface area contributed by atoms with Gasteiger partial charge in [-0.25, -0.2) is 0 Å². The lowest BCUT2D eigenvalue weighted by Crippen LogP contribution is -2.11. The summed E-state index contributed by atoms with van der Waals surface area (Å²) in [6.07, 6.45) is 0. The van der Waals surface area contributed by atoms with E-state index in [0.717, 1.165) is 16.2 Å². The van der Waals surface area contributed by atoms with Gasteiger partial charge in [0, 0.05) is 20.2 Å². The molecule has 0 spiro atoms. The number of thiophene rings is 1. The molecule has 0 aliphatic rings. The van der Waals surface area contributed by atoms with Crippen molar-refractivity contribution in [2.75, 3.05) is 7.11 Å². The molecule has 3 aromatic rings. The zero-order valence-corrected chi connectivity index (χ0v) is 12.5. The Morgan fingerprint density at radius 1 is 1.15 bits per heavy atom. The quantitative estimate of drug-likeness (QED) is 0.767. The van der Waals surface area contributed by atoms with Gasteiger partial charge in [-0.05, 0) is 35.7 Å². The molecule has 0 saturated heterocycles. The molecule has 1 heterocycles. The van der Waals surface area contributed by atoms with Crippen molar-refractivity contribution >= 4 is 33.0 Å². The van der Waals surface area contributed by atoms with Gasteiger partial charge < -0.3 is 10.5 Å². The van der Waals surface area contributed by atoms with Crippen LogP contribution >= 0.6 is 22.9 Å². The predicted octanol–water partition coefficient (Wildman–Crippen LogP) is 4.61. The predicted molar refractivity (Wildman–Crippen MR) is 85.9 cm³/mol. The Labute approximate surface area is 126 Å². The molecule has 0 aliphatic heterocycles. The van der Waals surface area contributed by atoms with Crippen molar-refractivity contribution < 1.29 is 4.74 Å². The highest BCUT2D eigenvalue weighted by Crippen LogP contribution is 2.36. The summed E-state index contributed by atoms with van der Waals surface area (Å²) in [6, 6.07) is 15.7. The number of benzene rings is 2. The number of hydrogen-bond donors (Lipinski definition) is 1. The largest absolute Gasteiger partial charge is 0.496 e. The van der Waals surface area contributed by atoms with Crippen molar-refractivity contribution in [3.8, 4) is 5.75 Å². The van der Waals surface area contributed by atoms with Crippen LogP contribution in [0.25, 0.3) is 10.1 Å². The second-order valence-corrected chi connectivity index (χ2v) is 6.10. The van der Waals surface area contributed by atoms with Crippen LogP contribution in [-0.2, 0) is 0 Å². The third kappa shape index (κ3) is 2.40. The van der Waals surface area contributed by atoms with Crippen LogP contribution in [0.4, 0.5) is 0 Å². The molecule has 1 atom stereocenters. The van der Waals surface area contributed by atoms with Crippen LogP contribution in [0.2, 0.25) is 5.02 Å². The third-order valence-corrected chi connectivity index (χ3v) is 4.71. The van der Waals surface area contributed by atoms with Gasteiger partial charge in [-0.2, -0.15) is 0 Å². The van der Waals surface area contributed by atoms with Crippen LogP contribution in [0.1, 0.15) is 16.5 Å². The molecule has 2 aromatic carbocycles. The van der Waals surface area contributed by atoms with Gasteiger partial charge in [-0.3, -0.25) is 0 Å². The fourth-order valence-corrected chi connectivity index (χ4v) is 3.52. The maximum atomic E-state index is 6.40. The van der Waals surface area contributed by atoms with Gasteiger partial charge >= 0.3 is 0 Å². The van der Waals surface area contributed by atoms with Gasteiger partial charge in [0.25, 0.3) is 0 Å². The highest BCUT2D eigenvalue weighted by atomic mass is 35.5. The Balaban J connectivity index is 2.07. The minimum atomic E-state index is -0.235. The summed E-state index contributed by atoms with van der Waals surface area (Å²) in [5.41, 5.74) is 7.31. The Hall–Kier alpha value is -1.55. The SMILES string of the molecule is COc1ccc(Cl)cc1C(N)c1cc2ccccc2s1. The molecular formula is C16H14ClNOS. The Morgan fingerprint density at radius 3 is 2.70 bits per heavy atom. The van der Waals surface area contributed by atoms with Crippen LogP contribution in [0, 0.1) is 0 Å². The summed E-state index contributed by atoms with van der Waals surface area (Å²) in [6.45, 7) is 0. The second kappa shape index (κ2) is 5.44. The van der Waals surface area contributed by atoms with Gasteiger partial charge in [-0.15, -0.1) is 11.3 Å². The topological polar surface area (TPSA) is 35.2 Å². The highest BCUT2D eigenvalue weighted by Gasteiger charge is 2.17. The number of hydrogen-bond acceptors (Lipinski definition) is 3. The molecule has 0 bridgehead atoms. The lowest BCUT2D eigenvalue weighted by atomic mass is 10.0. The summed E-state index contributed by atoms with van der Waals surface area (Å²) >= 11 is 7.78. The molecule has 4 heteroatoms. The fraction of sp³-hybridized carbons (Fsp3) is 0.125. The summed E-state index contributed by atoms with van der Waals surface area (Å²) < 4.78 is 6.62. The van der Waals surface area contributed by atoms with E-state index in [4.69, 9.17) is 22.1 Å². The van der Waals surface area contributed by atoms with Gasteiger partial charge in [0.15, 0.2) is 0 Å². The molecule has 0 aliphatic carbocycles. The number of fused-ring (bicyclic) bond motifs is 1. The van der Waals surface area contributed by atoms with E-state index < -0.39 is 0 Å². The normalized spacial score (nSPS) is 12.6. The molecule has 0 saturated carbocycles. The van der Waals surface area contributed by atoms with E-state index in [0.29, 0.717) is 5.02 Å². The van der Waals surface area contributed by atoms with Crippen LogP contribution in [0.15, 0.2) is 48.5 Å². The Bertz CT molecular complexity index is 720. The molecular weight excluding hydrogens is 290 g/mol. The number of nitrogens with two attached hydrogens (primary N) is 1. The van der Waals surface area contributed by atoms with E-state index in [-0.39, 0.29) is 6.04 Å². The summed E-state index contributed by atoms with van der Waals surface area (Å²) in [4.78, 5) is 1.10. The lowest BCUT2D eigenvalue weighted by molar-refractivity contribution is 0.408. The molecule has 102 valence electrons. The van der Waals surface area contributed by atoms with Crippen LogP contribution in [0.3, 0.4) is 0 Å². The number of methoxy groups -OCH3 is 1. The van der Waals surface area contributed by atoms with Gasteiger partial charge in [-0.1, -0.05) is 29.8 Å². The smallest absolute Gasteiger partial charge is 0.124 e. The third-order valence-electron chi connectivity index (χ3n) is 3.28. The summed E-state index contributed by atoms with van der Waals surface area (Å²) in [5.74, 6) is 0.763. The van der Waals surface area contributed by atoms with E-state index in [1.807, 2.05) is 30.3 Å². The molecule has 0 amide bonds. The summed E-state index contributed by atoms with van der Waals surface area (Å²) in [7, 11) is 1.64. The molecule has 1 aromatic heterocycles. The zero-order valence-electron chi connectivity index (χ0n) is 11.0. The van der Waals surface area contributed by atoms with Crippen molar-refractivity contribution in [3.63, 3.8) is 0 Å². The first-order valence-electron chi connectivity index (χ1n) is 6.26. The summed E-state index contributed by atoms with van der Waals surface area (Å²) in [5, 5.41) is 1.88. The maximum Gasteiger partial charge on any atom is 0.124 e. The van der Waals surface area contributed by atoms with Crippen molar-refractivity contribution in [3.05, 3.63) is 64.0 Å². The molecule has 20 heavy (non-hydrogen) atoms. The van der Waals surface area contributed by atoms with Crippen molar-refractivity contribution in [2.45, 2.75) is 6.04 Å². The molecule has 2 N–H and O–H groups in total. The standard InChI is InChI=1S/C16H14ClNOS/c1-19-13-7-6-11(17)9-12(13)16(18)15-8-10-4-2-3-5-14(10)20-15/h2-9,16H,18H2,1H3. The minimum absolute atomic E-state index is 0.235. The Kier molecular flexibility index (Phi) is 3.66. The van der Waals surface area contributed by atoms with Crippen molar-refractivity contribution in [2.24, 2.45) is 5.73 Å². The zero-order chi connectivity index (χ0) is 14.1. The number of ether oxygens (including phenoxy) is 1. The average Bonchev–Trinajstić information content (AvgIpc) is 2.90. The second-order valence-electron chi connectivity index (χ2n) is 4.55. The average molecular weight is 304 g/mol. The van der Waals surface area contributed by atoms with Crippen molar-refractivity contribution in [1.29, 1.82) is 0 Å². The van der Waals surface area contributed by atoms with Gasteiger partial charge in [0.2, 0.25) is 0 Å². The first-order chi connectivity index (χ1) is 9.69. The van der Waals surface area contributed by atoms with Crippen molar-refractivity contribution in [1.82, 2.24) is 0 Å². The molecule has 0 radical (unpaired) electrons. The van der Waals surface area contributed by atoms with E-state index in [1.54, 1.807) is 18.4 Å². The van der Waals surface area contributed by atoms with Gasteiger partial charge in [0.1, 0.15) is 5.75 Å². The molecule has 0 fully saturated rings. The van der Waals surface area contributed by atoms with Crippen LogP contribution in [0.5, 0.6) is 5.75 Å². The maximum absolute atomic E-state index is 6.40. The van der Waals surface area contributed by atoms with E-state index in [9.17, 15) is 0 Å². The highest BCUT2D eigenvalue weighted by molar-refractivity contribution is 7.19. The fourth-order valence-electron chi connectivity index (χ4n) is 2.26. The minimum Gasteiger partial charge on any atom is -0.496 e. The van der Waals surface area contributed by atoms with Gasteiger partial charge in [0.05, 0.1) is 13.2 Å². The first kappa shape index (κ1) is 13.4. The molecule has 3 rings (SSSR count). The Morgan fingerprint density at radius 2 is 1.95 bits per heavy atom. The van der Waals surface area contributed by atoms with Crippen LogP contribution < -0.4 is 10.5 Å². The van der Waals surface area contributed by atoms with E-state index >= 15 is 0 Å².